The number of ether oxygens (including phenoxy) is 1. The lowest BCUT2D eigenvalue weighted by atomic mass is 9.95. The molecule has 0 radical (unpaired) electrons. The van der Waals surface area contributed by atoms with E-state index in [9.17, 15) is 0 Å². The van der Waals surface area contributed by atoms with Crippen molar-refractivity contribution in [2.75, 3.05) is 13.2 Å². The Hall–Kier alpha value is -0.970. The third-order valence-electron chi connectivity index (χ3n) is 3.87. The van der Waals surface area contributed by atoms with Crippen molar-refractivity contribution in [2.24, 2.45) is 0 Å². The van der Waals surface area contributed by atoms with Crippen molar-refractivity contribution in [1.82, 2.24) is 10.3 Å². The minimum absolute atomic E-state index is 0.137. The van der Waals surface area contributed by atoms with E-state index in [-0.39, 0.29) is 6.10 Å². The molecule has 2 atom stereocenters. The van der Waals surface area contributed by atoms with Gasteiger partial charge in [-0.3, -0.25) is 4.98 Å². The molecule has 0 saturated carbocycles. The van der Waals surface area contributed by atoms with E-state index in [1.807, 2.05) is 12.3 Å². The van der Waals surface area contributed by atoms with Crippen molar-refractivity contribution in [2.45, 2.75) is 31.9 Å². The van der Waals surface area contributed by atoms with Crippen LogP contribution in [0.25, 0.3) is 10.9 Å². The number of pyridine rings is 1. The maximum Gasteiger partial charge on any atom is 0.0860 e. The highest BCUT2D eigenvalue weighted by Gasteiger charge is 2.25. The number of fused-ring (bicyclic) bond motifs is 1. The molecule has 1 aliphatic heterocycles. The van der Waals surface area contributed by atoms with Gasteiger partial charge in [-0.1, -0.05) is 35.0 Å². The molecule has 0 spiro atoms. The SMILES string of the molecule is CCNC1CCOC(c2ccc(Br)c3cccnc23)C1. The molecule has 1 saturated heterocycles. The third-order valence-corrected chi connectivity index (χ3v) is 4.56. The van der Waals surface area contributed by atoms with Crippen LogP contribution in [0.5, 0.6) is 0 Å². The summed E-state index contributed by atoms with van der Waals surface area (Å²) in [4.78, 5) is 4.56. The first-order chi connectivity index (χ1) is 9.79. The lowest BCUT2D eigenvalue weighted by molar-refractivity contribution is 0.00134. The topological polar surface area (TPSA) is 34.1 Å². The molecule has 2 heterocycles. The molecule has 20 heavy (non-hydrogen) atoms. The van der Waals surface area contributed by atoms with Crippen molar-refractivity contribution in [3.05, 3.63) is 40.5 Å². The van der Waals surface area contributed by atoms with Crippen LogP contribution < -0.4 is 5.32 Å². The zero-order valence-corrected chi connectivity index (χ0v) is 13.2. The second-order valence-corrected chi connectivity index (χ2v) is 6.03. The van der Waals surface area contributed by atoms with Gasteiger partial charge in [-0.25, -0.2) is 0 Å². The fourth-order valence-electron chi connectivity index (χ4n) is 2.91. The first-order valence-electron chi connectivity index (χ1n) is 7.17. The summed E-state index contributed by atoms with van der Waals surface area (Å²) in [6.07, 6.45) is 4.09. The van der Waals surface area contributed by atoms with Gasteiger partial charge in [0.25, 0.3) is 0 Å². The number of nitrogens with one attached hydrogen (secondary N) is 1. The van der Waals surface area contributed by atoms with Crippen molar-refractivity contribution < 1.29 is 4.74 Å². The van der Waals surface area contributed by atoms with E-state index >= 15 is 0 Å². The molecule has 1 aromatic heterocycles. The highest BCUT2D eigenvalue weighted by molar-refractivity contribution is 9.10. The van der Waals surface area contributed by atoms with Crippen LogP contribution >= 0.6 is 15.9 Å². The second-order valence-electron chi connectivity index (χ2n) is 5.17. The first-order valence-corrected chi connectivity index (χ1v) is 7.97. The Balaban J connectivity index is 1.95. The predicted molar refractivity (Wildman–Crippen MR) is 84.8 cm³/mol. The van der Waals surface area contributed by atoms with E-state index in [0.29, 0.717) is 6.04 Å². The van der Waals surface area contributed by atoms with Crippen LogP contribution in [0.3, 0.4) is 0 Å². The van der Waals surface area contributed by atoms with E-state index in [4.69, 9.17) is 4.74 Å². The second kappa shape index (κ2) is 6.20. The molecule has 0 bridgehead atoms. The summed E-state index contributed by atoms with van der Waals surface area (Å²) in [7, 11) is 0. The quantitative estimate of drug-likeness (QED) is 0.926. The number of halogens is 1. The van der Waals surface area contributed by atoms with Gasteiger partial charge >= 0.3 is 0 Å². The van der Waals surface area contributed by atoms with Gasteiger partial charge in [0.2, 0.25) is 0 Å². The van der Waals surface area contributed by atoms with Crippen LogP contribution in [0.2, 0.25) is 0 Å². The van der Waals surface area contributed by atoms with E-state index in [1.165, 1.54) is 5.56 Å². The van der Waals surface area contributed by atoms with Gasteiger partial charge < -0.3 is 10.1 Å². The molecular weight excluding hydrogens is 316 g/mol. The van der Waals surface area contributed by atoms with Crippen LogP contribution in [-0.4, -0.2) is 24.2 Å². The normalized spacial score (nSPS) is 23.1. The lowest BCUT2D eigenvalue weighted by Crippen LogP contribution is -2.35. The summed E-state index contributed by atoms with van der Waals surface area (Å²) in [5, 5.41) is 4.69. The molecule has 1 aliphatic rings. The van der Waals surface area contributed by atoms with Crippen LogP contribution in [-0.2, 0) is 4.74 Å². The van der Waals surface area contributed by atoms with Gasteiger partial charge in [0.15, 0.2) is 0 Å². The molecule has 4 heteroatoms. The summed E-state index contributed by atoms with van der Waals surface area (Å²) < 4.78 is 7.08. The van der Waals surface area contributed by atoms with Crippen LogP contribution in [0.1, 0.15) is 31.4 Å². The highest BCUT2D eigenvalue weighted by Crippen LogP contribution is 2.34. The van der Waals surface area contributed by atoms with Gasteiger partial charge in [-0.2, -0.15) is 0 Å². The van der Waals surface area contributed by atoms with Gasteiger partial charge in [-0.15, -0.1) is 0 Å². The maximum absolute atomic E-state index is 5.99. The molecule has 2 aromatic rings. The number of benzene rings is 1. The smallest absolute Gasteiger partial charge is 0.0860 e. The average molecular weight is 335 g/mol. The third kappa shape index (κ3) is 2.73. The molecule has 1 aromatic carbocycles. The summed E-state index contributed by atoms with van der Waals surface area (Å²) in [5.74, 6) is 0. The minimum Gasteiger partial charge on any atom is -0.373 e. The largest absolute Gasteiger partial charge is 0.373 e. The summed E-state index contributed by atoms with van der Waals surface area (Å²) in [6.45, 7) is 3.98. The Bertz CT molecular complexity index is 600. The molecular formula is C16H19BrN2O. The molecule has 1 fully saturated rings. The summed E-state index contributed by atoms with van der Waals surface area (Å²) in [6, 6.07) is 8.85. The van der Waals surface area contributed by atoms with Gasteiger partial charge in [0.1, 0.15) is 0 Å². The average Bonchev–Trinajstić information content (AvgIpc) is 2.49. The Labute approximate surface area is 127 Å². The molecule has 3 nitrogen and oxygen atoms in total. The van der Waals surface area contributed by atoms with Crippen LogP contribution in [0.4, 0.5) is 0 Å². The van der Waals surface area contributed by atoms with E-state index < -0.39 is 0 Å². The minimum atomic E-state index is 0.137. The van der Waals surface area contributed by atoms with Crippen molar-refractivity contribution in [3.63, 3.8) is 0 Å². The fraction of sp³-hybridized carbons (Fsp3) is 0.438. The Morgan fingerprint density at radius 2 is 2.30 bits per heavy atom. The molecule has 106 valence electrons. The highest BCUT2D eigenvalue weighted by atomic mass is 79.9. The van der Waals surface area contributed by atoms with E-state index in [2.05, 4.69) is 51.4 Å². The number of rotatable bonds is 3. The Morgan fingerprint density at radius 1 is 1.40 bits per heavy atom. The van der Waals surface area contributed by atoms with Crippen molar-refractivity contribution >= 4 is 26.8 Å². The van der Waals surface area contributed by atoms with Gasteiger partial charge in [-0.05, 0) is 31.5 Å². The maximum atomic E-state index is 5.99. The molecule has 2 unspecified atom stereocenters. The first kappa shape index (κ1) is 14.0. The molecule has 0 aliphatic carbocycles. The van der Waals surface area contributed by atoms with Gasteiger partial charge in [0.05, 0.1) is 11.6 Å². The predicted octanol–water partition coefficient (Wildman–Crippen LogP) is 3.83. The Morgan fingerprint density at radius 3 is 3.15 bits per heavy atom. The monoisotopic (exact) mass is 334 g/mol. The van der Waals surface area contributed by atoms with E-state index in [0.717, 1.165) is 41.4 Å². The van der Waals surface area contributed by atoms with Crippen LogP contribution in [0.15, 0.2) is 34.9 Å². The van der Waals surface area contributed by atoms with Crippen molar-refractivity contribution in [3.8, 4) is 0 Å². The number of nitrogens with zero attached hydrogens (tertiary/aromatic N) is 1. The summed E-state index contributed by atoms with van der Waals surface area (Å²) in [5.41, 5.74) is 2.25. The van der Waals surface area contributed by atoms with Gasteiger partial charge in [0, 0.05) is 34.3 Å². The summed E-state index contributed by atoms with van der Waals surface area (Å²) >= 11 is 3.60. The number of aromatic nitrogens is 1. The van der Waals surface area contributed by atoms with E-state index in [1.54, 1.807) is 0 Å². The standard InChI is InChI=1S/C16H19BrN2O/c1-2-18-11-7-9-20-15(10-11)13-5-6-14(17)12-4-3-8-19-16(12)13/h3-6,8,11,15,18H,2,7,9-10H2,1H3. The number of hydrogen-bond acceptors (Lipinski definition) is 3. The molecule has 0 amide bonds. The van der Waals surface area contributed by atoms with Crippen LogP contribution in [0, 0.1) is 0 Å². The lowest BCUT2D eigenvalue weighted by Gasteiger charge is -2.30. The molecule has 3 rings (SSSR count). The fourth-order valence-corrected chi connectivity index (χ4v) is 3.36. The van der Waals surface area contributed by atoms with Crippen molar-refractivity contribution in [1.29, 1.82) is 0 Å². The zero-order chi connectivity index (χ0) is 13.9. The number of hydrogen-bond donors (Lipinski definition) is 1. The Kier molecular flexibility index (Phi) is 4.34. The molecule has 1 N–H and O–H groups in total. The zero-order valence-electron chi connectivity index (χ0n) is 11.6.